The van der Waals surface area contributed by atoms with E-state index in [1.807, 2.05) is 55.5 Å². The van der Waals surface area contributed by atoms with E-state index in [1.165, 1.54) is 0 Å². The molecule has 1 aromatic heterocycles. The van der Waals surface area contributed by atoms with Crippen molar-refractivity contribution >= 4 is 12.4 Å². The number of ether oxygens (including phenoxy) is 1. The number of oxazole rings is 1. The SMILES string of the molecule is Cc1nc(-c2ccc(Oc3ccc(CCC(O)CCO)cc3)cc2)co1.Cl. The molecule has 3 aromatic rings. The van der Waals surface area contributed by atoms with Gasteiger partial charge in [0, 0.05) is 19.1 Å². The van der Waals surface area contributed by atoms with E-state index in [0.29, 0.717) is 18.7 Å². The first-order valence-corrected chi connectivity index (χ1v) is 8.72. The lowest BCUT2D eigenvalue weighted by Gasteiger charge is -2.10. The predicted octanol–water partition coefficient (Wildman–Crippen LogP) is 4.54. The summed E-state index contributed by atoms with van der Waals surface area (Å²) in [7, 11) is 0. The molecule has 2 N–H and O–H groups in total. The van der Waals surface area contributed by atoms with Gasteiger partial charge in [-0.15, -0.1) is 12.4 Å². The highest BCUT2D eigenvalue weighted by Gasteiger charge is 2.06. The van der Waals surface area contributed by atoms with E-state index in [1.54, 1.807) is 6.26 Å². The molecule has 0 fully saturated rings. The Kier molecular flexibility index (Phi) is 7.85. The van der Waals surface area contributed by atoms with Gasteiger partial charge in [0.25, 0.3) is 0 Å². The van der Waals surface area contributed by atoms with Crippen LogP contribution in [-0.2, 0) is 6.42 Å². The fraction of sp³-hybridized carbons (Fsp3) is 0.286. The lowest BCUT2D eigenvalue weighted by Crippen LogP contribution is -2.09. The van der Waals surface area contributed by atoms with Crippen LogP contribution in [0.2, 0.25) is 0 Å². The second kappa shape index (κ2) is 10.1. The van der Waals surface area contributed by atoms with Crippen LogP contribution in [0.25, 0.3) is 11.3 Å². The molecule has 1 unspecified atom stereocenters. The average molecular weight is 390 g/mol. The lowest BCUT2D eigenvalue weighted by atomic mass is 10.1. The minimum absolute atomic E-state index is 0. The van der Waals surface area contributed by atoms with Crippen LogP contribution in [0.15, 0.2) is 59.2 Å². The molecule has 0 aliphatic heterocycles. The van der Waals surface area contributed by atoms with Gasteiger partial charge in [-0.25, -0.2) is 4.98 Å². The maximum absolute atomic E-state index is 9.67. The van der Waals surface area contributed by atoms with Gasteiger partial charge in [-0.1, -0.05) is 12.1 Å². The molecule has 1 atom stereocenters. The van der Waals surface area contributed by atoms with Crippen molar-refractivity contribution in [2.45, 2.75) is 32.3 Å². The smallest absolute Gasteiger partial charge is 0.191 e. The van der Waals surface area contributed by atoms with Crippen LogP contribution in [0.1, 0.15) is 24.3 Å². The Morgan fingerprint density at radius 1 is 1.00 bits per heavy atom. The van der Waals surface area contributed by atoms with Gasteiger partial charge in [0.2, 0.25) is 0 Å². The molecule has 144 valence electrons. The van der Waals surface area contributed by atoms with Crippen molar-refractivity contribution in [3.05, 3.63) is 66.2 Å². The maximum atomic E-state index is 9.67. The highest BCUT2D eigenvalue weighted by atomic mass is 35.5. The monoisotopic (exact) mass is 389 g/mol. The number of benzene rings is 2. The number of halogens is 1. The molecule has 1 heterocycles. The fourth-order valence-corrected chi connectivity index (χ4v) is 2.68. The third-order valence-corrected chi connectivity index (χ3v) is 4.16. The minimum Gasteiger partial charge on any atom is -0.457 e. The molecule has 3 rings (SSSR count). The van der Waals surface area contributed by atoms with Crippen molar-refractivity contribution < 1.29 is 19.4 Å². The van der Waals surface area contributed by atoms with Gasteiger partial charge < -0.3 is 19.4 Å². The molecule has 6 heteroatoms. The Hall–Kier alpha value is -2.34. The molecule has 27 heavy (non-hydrogen) atoms. The van der Waals surface area contributed by atoms with E-state index in [0.717, 1.165) is 34.7 Å². The van der Waals surface area contributed by atoms with Crippen molar-refractivity contribution in [2.24, 2.45) is 0 Å². The van der Waals surface area contributed by atoms with E-state index in [-0.39, 0.29) is 19.0 Å². The summed E-state index contributed by atoms with van der Waals surface area (Å²) in [6.45, 7) is 1.83. The number of aromatic nitrogens is 1. The van der Waals surface area contributed by atoms with Crippen LogP contribution in [0.4, 0.5) is 0 Å². The zero-order chi connectivity index (χ0) is 18.4. The normalized spacial score (nSPS) is 11.7. The molecule has 0 saturated carbocycles. The first-order valence-electron chi connectivity index (χ1n) is 8.72. The number of aryl methyl sites for hydroxylation is 2. The highest BCUT2D eigenvalue weighted by molar-refractivity contribution is 5.85. The zero-order valence-electron chi connectivity index (χ0n) is 15.2. The number of aliphatic hydroxyl groups is 2. The number of aliphatic hydroxyl groups excluding tert-OH is 2. The highest BCUT2D eigenvalue weighted by Crippen LogP contribution is 2.26. The summed E-state index contributed by atoms with van der Waals surface area (Å²) >= 11 is 0. The Morgan fingerprint density at radius 2 is 1.63 bits per heavy atom. The van der Waals surface area contributed by atoms with E-state index in [4.69, 9.17) is 14.3 Å². The molecule has 0 aliphatic carbocycles. The summed E-state index contributed by atoms with van der Waals surface area (Å²) in [5.74, 6) is 2.15. The Balaban J connectivity index is 0.00000261. The van der Waals surface area contributed by atoms with E-state index in [9.17, 15) is 5.11 Å². The Bertz CT molecular complexity index is 815. The van der Waals surface area contributed by atoms with Crippen LogP contribution in [0.3, 0.4) is 0 Å². The van der Waals surface area contributed by atoms with E-state index in [2.05, 4.69) is 4.98 Å². The van der Waals surface area contributed by atoms with E-state index < -0.39 is 6.10 Å². The third-order valence-electron chi connectivity index (χ3n) is 4.16. The van der Waals surface area contributed by atoms with Crippen LogP contribution < -0.4 is 4.74 Å². The first-order chi connectivity index (χ1) is 12.6. The van der Waals surface area contributed by atoms with Crippen LogP contribution in [0.5, 0.6) is 11.5 Å². The van der Waals surface area contributed by atoms with Gasteiger partial charge in [0.05, 0.1) is 6.10 Å². The van der Waals surface area contributed by atoms with Crippen LogP contribution in [-0.4, -0.2) is 27.9 Å². The van der Waals surface area contributed by atoms with Gasteiger partial charge in [-0.05, 0) is 61.2 Å². The average Bonchev–Trinajstić information content (AvgIpc) is 3.08. The van der Waals surface area contributed by atoms with E-state index >= 15 is 0 Å². The van der Waals surface area contributed by atoms with Gasteiger partial charge in [0.1, 0.15) is 23.5 Å². The largest absolute Gasteiger partial charge is 0.457 e. The summed E-state index contributed by atoms with van der Waals surface area (Å²) in [4.78, 5) is 4.31. The van der Waals surface area contributed by atoms with Gasteiger partial charge in [-0.3, -0.25) is 0 Å². The Morgan fingerprint density at radius 3 is 2.19 bits per heavy atom. The maximum Gasteiger partial charge on any atom is 0.191 e. The topological polar surface area (TPSA) is 75.7 Å². The van der Waals surface area contributed by atoms with Gasteiger partial charge in [0.15, 0.2) is 5.89 Å². The molecule has 0 amide bonds. The first kappa shape index (κ1) is 21.0. The molecule has 0 saturated heterocycles. The van der Waals surface area contributed by atoms with Crippen molar-refractivity contribution in [3.8, 4) is 22.8 Å². The molecule has 0 spiro atoms. The lowest BCUT2D eigenvalue weighted by molar-refractivity contribution is 0.125. The van der Waals surface area contributed by atoms with Crippen molar-refractivity contribution in [1.29, 1.82) is 0 Å². The van der Waals surface area contributed by atoms with Gasteiger partial charge >= 0.3 is 0 Å². The van der Waals surface area contributed by atoms with Crippen LogP contribution >= 0.6 is 12.4 Å². The molecule has 0 radical (unpaired) electrons. The summed E-state index contributed by atoms with van der Waals surface area (Å²) in [6, 6.07) is 15.5. The summed E-state index contributed by atoms with van der Waals surface area (Å²) < 4.78 is 11.1. The number of hydrogen-bond acceptors (Lipinski definition) is 5. The molecule has 2 aromatic carbocycles. The van der Waals surface area contributed by atoms with Crippen molar-refractivity contribution in [3.63, 3.8) is 0 Å². The third kappa shape index (κ3) is 6.10. The molecule has 5 nitrogen and oxygen atoms in total. The summed E-state index contributed by atoms with van der Waals surface area (Å²) in [5, 5.41) is 18.5. The predicted molar refractivity (Wildman–Crippen MR) is 106 cm³/mol. The molecule has 0 bridgehead atoms. The Labute approximate surface area is 165 Å². The summed E-state index contributed by atoms with van der Waals surface area (Å²) in [6.07, 6.45) is 3.02. The number of hydrogen-bond donors (Lipinski definition) is 2. The molecular weight excluding hydrogens is 366 g/mol. The zero-order valence-corrected chi connectivity index (χ0v) is 16.0. The van der Waals surface area contributed by atoms with Crippen molar-refractivity contribution in [1.82, 2.24) is 4.98 Å². The number of nitrogens with zero attached hydrogens (tertiary/aromatic N) is 1. The molecule has 0 aliphatic rings. The van der Waals surface area contributed by atoms with Crippen LogP contribution in [0, 0.1) is 6.92 Å². The quantitative estimate of drug-likeness (QED) is 0.591. The summed E-state index contributed by atoms with van der Waals surface area (Å²) in [5.41, 5.74) is 2.92. The molecular formula is C21H24ClNO4. The standard InChI is InChI=1S/C21H23NO4.ClH/c1-15-22-21(14-25-15)17-5-10-20(11-6-17)26-19-8-3-16(4-9-19)2-7-18(24)12-13-23;/h3-6,8-11,14,18,23-24H,2,7,12-13H2,1H3;1H. The second-order valence-corrected chi connectivity index (χ2v) is 6.23. The number of rotatable bonds is 8. The fourth-order valence-electron chi connectivity index (χ4n) is 2.68. The second-order valence-electron chi connectivity index (χ2n) is 6.23. The van der Waals surface area contributed by atoms with Gasteiger partial charge in [-0.2, -0.15) is 0 Å². The van der Waals surface area contributed by atoms with Crippen molar-refractivity contribution in [2.75, 3.05) is 6.61 Å². The minimum atomic E-state index is -0.456.